The van der Waals surface area contributed by atoms with Gasteiger partial charge in [-0.05, 0) is 37.3 Å². The van der Waals surface area contributed by atoms with Crippen LogP contribution < -0.4 is 10.1 Å². The first-order valence-electron chi connectivity index (χ1n) is 7.96. The Labute approximate surface area is 150 Å². The Kier molecular flexibility index (Phi) is 5.07. The third-order valence-electron chi connectivity index (χ3n) is 3.54. The summed E-state index contributed by atoms with van der Waals surface area (Å²) in [5.41, 5.74) is 1.75. The highest BCUT2D eigenvalue weighted by atomic mass is 16.5. The summed E-state index contributed by atoms with van der Waals surface area (Å²) in [7, 11) is 0. The molecule has 0 aliphatic carbocycles. The van der Waals surface area contributed by atoms with Crippen molar-refractivity contribution in [2.45, 2.75) is 20.5 Å². The zero-order valence-electron chi connectivity index (χ0n) is 14.4. The van der Waals surface area contributed by atoms with Gasteiger partial charge in [0.05, 0.1) is 5.69 Å². The number of nitrogens with one attached hydrogen (secondary N) is 1. The normalized spacial score (nSPS) is 10.4. The van der Waals surface area contributed by atoms with Gasteiger partial charge in [-0.3, -0.25) is 9.59 Å². The third-order valence-corrected chi connectivity index (χ3v) is 3.54. The van der Waals surface area contributed by atoms with Crippen molar-refractivity contribution in [1.82, 2.24) is 10.2 Å². The van der Waals surface area contributed by atoms with Crippen molar-refractivity contribution < 1.29 is 18.7 Å². The first kappa shape index (κ1) is 17.3. The fourth-order valence-electron chi connectivity index (χ4n) is 2.30. The number of ether oxygens (including phenoxy) is 1. The molecule has 26 heavy (non-hydrogen) atoms. The van der Waals surface area contributed by atoms with Crippen LogP contribution in [0.5, 0.6) is 5.75 Å². The third kappa shape index (κ3) is 4.13. The van der Waals surface area contributed by atoms with E-state index in [2.05, 4.69) is 15.5 Å². The minimum atomic E-state index is -0.241. The first-order chi connectivity index (χ1) is 12.5. The number of nitrogens with zero attached hydrogens (tertiary/aromatic N) is 2. The van der Waals surface area contributed by atoms with E-state index in [9.17, 15) is 9.59 Å². The second-order valence-electron chi connectivity index (χ2n) is 5.60. The summed E-state index contributed by atoms with van der Waals surface area (Å²) in [6.45, 7) is 2.86. The summed E-state index contributed by atoms with van der Waals surface area (Å²) >= 11 is 0. The molecule has 1 N–H and O–H groups in total. The van der Waals surface area contributed by atoms with E-state index in [0.717, 1.165) is 5.56 Å². The number of hydrogen-bond donors (Lipinski definition) is 1. The minimum absolute atomic E-state index is 0.00771. The van der Waals surface area contributed by atoms with Gasteiger partial charge >= 0.3 is 0 Å². The molecule has 0 radical (unpaired) electrons. The molecule has 0 fully saturated rings. The number of hydrogen-bond acceptors (Lipinski definition) is 6. The number of aromatic nitrogens is 2. The Bertz CT molecular complexity index is 935. The van der Waals surface area contributed by atoms with Gasteiger partial charge in [0.15, 0.2) is 12.4 Å². The molecule has 0 unspecified atom stereocenters. The van der Waals surface area contributed by atoms with Gasteiger partial charge < -0.3 is 14.5 Å². The molecule has 0 saturated heterocycles. The Hall–Kier alpha value is -3.48. The van der Waals surface area contributed by atoms with Crippen LogP contribution in [0.1, 0.15) is 30.1 Å². The fourth-order valence-corrected chi connectivity index (χ4v) is 2.30. The van der Waals surface area contributed by atoms with Crippen molar-refractivity contribution in [3.05, 3.63) is 60.0 Å². The smallest absolute Gasteiger partial charge is 0.254 e. The molecule has 2 aromatic carbocycles. The van der Waals surface area contributed by atoms with E-state index in [4.69, 9.17) is 9.15 Å². The first-order valence-corrected chi connectivity index (χ1v) is 7.96. The lowest BCUT2D eigenvalue weighted by Gasteiger charge is -2.11. The van der Waals surface area contributed by atoms with Gasteiger partial charge in [-0.15, -0.1) is 10.2 Å². The molecule has 0 spiro atoms. The number of amides is 1. The highest BCUT2D eigenvalue weighted by Crippen LogP contribution is 2.27. The van der Waals surface area contributed by atoms with Crippen LogP contribution in [-0.4, -0.2) is 21.9 Å². The lowest BCUT2D eigenvalue weighted by Crippen LogP contribution is -2.09. The van der Waals surface area contributed by atoms with Crippen LogP contribution in [0.15, 0.2) is 52.9 Å². The fraction of sp³-hybridized carbons (Fsp3) is 0.158. The monoisotopic (exact) mass is 351 g/mol. The molecule has 0 aliphatic rings. The largest absolute Gasteiger partial charge is 0.482 e. The molecule has 1 aromatic heterocycles. The summed E-state index contributed by atoms with van der Waals surface area (Å²) in [5, 5.41) is 10.6. The van der Waals surface area contributed by atoms with E-state index in [-0.39, 0.29) is 24.2 Å². The van der Waals surface area contributed by atoms with Crippen LogP contribution in [0, 0.1) is 0 Å². The van der Waals surface area contributed by atoms with Crippen molar-refractivity contribution in [1.29, 1.82) is 0 Å². The molecule has 7 heteroatoms. The standard InChI is InChI=1S/C19H17N3O4/c1-12(23)15-8-9-16(20-13(2)24)17(10-15)25-11-18-21-22-19(26-18)14-6-4-3-5-7-14/h3-10H,11H2,1-2H3,(H,20,24). The van der Waals surface area contributed by atoms with Crippen molar-refractivity contribution in [3.8, 4) is 17.2 Å². The predicted octanol–water partition coefficient (Wildman–Crippen LogP) is 3.48. The van der Waals surface area contributed by atoms with Crippen LogP contribution in [0.3, 0.4) is 0 Å². The number of ketones is 1. The predicted molar refractivity (Wildman–Crippen MR) is 94.8 cm³/mol. The summed E-state index contributed by atoms with van der Waals surface area (Å²) < 4.78 is 11.3. The van der Waals surface area contributed by atoms with Crippen molar-refractivity contribution in [3.63, 3.8) is 0 Å². The van der Waals surface area contributed by atoms with E-state index in [1.165, 1.54) is 13.8 Å². The summed E-state index contributed by atoms with van der Waals surface area (Å²) in [6, 6.07) is 14.2. The number of benzene rings is 2. The second kappa shape index (κ2) is 7.60. The highest BCUT2D eigenvalue weighted by Gasteiger charge is 2.12. The van der Waals surface area contributed by atoms with Crippen LogP contribution >= 0.6 is 0 Å². The zero-order chi connectivity index (χ0) is 18.5. The zero-order valence-corrected chi connectivity index (χ0v) is 14.4. The molecule has 0 aliphatic heterocycles. The van der Waals surface area contributed by atoms with Gasteiger partial charge in [0, 0.05) is 18.1 Å². The molecule has 7 nitrogen and oxygen atoms in total. The van der Waals surface area contributed by atoms with Crippen molar-refractivity contribution >= 4 is 17.4 Å². The van der Waals surface area contributed by atoms with Crippen LogP contribution in [-0.2, 0) is 11.4 Å². The lowest BCUT2D eigenvalue weighted by atomic mass is 10.1. The number of carbonyl (C=O) groups excluding carboxylic acids is 2. The number of anilines is 1. The summed E-state index contributed by atoms with van der Waals surface area (Å²) in [6.07, 6.45) is 0. The van der Waals surface area contributed by atoms with E-state index in [1.54, 1.807) is 18.2 Å². The van der Waals surface area contributed by atoms with Gasteiger partial charge in [0.25, 0.3) is 5.89 Å². The Morgan fingerprint density at radius 1 is 1.08 bits per heavy atom. The van der Waals surface area contributed by atoms with E-state index in [0.29, 0.717) is 22.9 Å². The molecule has 3 rings (SSSR count). The average molecular weight is 351 g/mol. The molecular weight excluding hydrogens is 334 g/mol. The number of Topliss-reactive ketones (excluding diaryl/α,β-unsaturated/α-hetero) is 1. The maximum Gasteiger partial charge on any atom is 0.254 e. The van der Waals surface area contributed by atoms with Gasteiger partial charge in [-0.25, -0.2) is 0 Å². The maximum absolute atomic E-state index is 11.6. The molecule has 1 amide bonds. The van der Waals surface area contributed by atoms with Crippen molar-refractivity contribution in [2.24, 2.45) is 0 Å². The SMILES string of the molecule is CC(=O)Nc1ccc(C(C)=O)cc1OCc1nnc(-c2ccccc2)o1. The maximum atomic E-state index is 11.6. The average Bonchev–Trinajstić information content (AvgIpc) is 3.10. The quantitative estimate of drug-likeness (QED) is 0.683. The number of carbonyl (C=O) groups is 2. The molecule has 0 atom stereocenters. The van der Waals surface area contributed by atoms with Crippen molar-refractivity contribution in [2.75, 3.05) is 5.32 Å². The van der Waals surface area contributed by atoms with Gasteiger partial charge in [0.1, 0.15) is 5.75 Å². The Morgan fingerprint density at radius 2 is 1.85 bits per heavy atom. The van der Waals surface area contributed by atoms with Crippen LogP contribution in [0.2, 0.25) is 0 Å². The molecule has 1 heterocycles. The molecule has 0 bridgehead atoms. The van der Waals surface area contributed by atoms with Gasteiger partial charge in [-0.1, -0.05) is 18.2 Å². The topological polar surface area (TPSA) is 94.3 Å². The Balaban J connectivity index is 1.78. The Morgan fingerprint density at radius 3 is 2.54 bits per heavy atom. The van der Waals surface area contributed by atoms with E-state index in [1.807, 2.05) is 30.3 Å². The molecule has 3 aromatic rings. The summed E-state index contributed by atoms with van der Waals surface area (Å²) in [4.78, 5) is 22.9. The molecular formula is C19H17N3O4. The number of rotatable bonds is 6. The summed E-state index contributed by atoms with van der Waals surface area (Å²) in [5.74, 6) is 0.685. The van der Waals surface area contributed by atoms with E-state index >= 15 is 0 Å². The second-order valence-corrected chi connectivity index (χ2v) is 5.60. The van der Waals surface area contributed by atoms with Crippen LogP contribution in [0.25, 0.3) is 11.5 Å². The minimum Gasteiger partial charge on any atom is -0.482 e. The van der Waals surface area contributed by atoms with Gasteiger partial charge in [0.2, 0.25) is 11.8 Å². The highest BCUT2D eigenvalue weighted by molar-refractivity contribution is 5.96. The van der Waals surface area contributed by atoms with E-state index < -0.39 is 0 Å². The molecule has 132 valence electrons. The van der Waals surface area contributed by atoms with Gasteiger partial charge in [-0.2, -0.15) is 0 Å². The van der Waals surface area contributed by atoms with Crippen LogP contribution in [0.4, 0.5) is 5.69 Å². The molecule has 0 saturated carbocycles. The lowest BCUT2D eigenvalue weighted by molar-refractivity contribution is -0.114.